The van der Waals surface area contributed by atoms with Gasteiger partial charge in [-0.1, -0.05) is 6.07 Å². The molecule has 0 amide bonds. The van der Waals surface area contributed by atoms with E-state index in [2.05, 4.69) is 4.98 Å². The number of hydrogen-bond donors (Lipinski definition) is 1. The predicted molar refractivity (Wildman–Crippen MR) is 46.8 cm³/mol. The van der Waals surface area contributed by atoms with E-state index in [0.29, 0.717) is 5.03 Å². The van der Waals surface area contributed by atoms with Gasteiger partial charge in [-0.15, -0.1) is 0 Å². The van der Waals surface area contributed by atoms with Crippen LogP contribution in [0.1, 0.15) is 6.92 Å². The third kappa shape index (κ3) is 2.64. The minimum Gasteiger partial charge on any atom is -0.385 e. The molecule has 0 bridgehead atoms. The molecule has 0 aliphatic heterocycles. The minimum atomic E-state index is -0.933. The van der Waals surface area contributed by atoms with Crippen LogP contribution in [0.2, 0.25) is 0 Å². The molecular formula is C8H9NO2S. The molecule has 0 aliphatic carbocycles. The highest BCUT2D eigenvalue weighted by atomic mass is 32.2. The Kier molecular flexibility index (Phi) is 3.25. The van der Waals surface area contributed by atoms with Crippen molar-refractivity contribution in [3.63, 3.8) is 0 Å². The number of nitrogens with zero attached hydrogens (tertiary/aromatic N) is 1. The number of hydrogen-bond acceptors (Lipinski definition) is 4. The molecule has 0 radical (unpaired) electrons. The van der Waals surface area contributed by atoms with Crippen LogP contribution in [0.15, 0.2) is 29.4 Å². The van der Waals surface area contributed by atoms with Crippen LogP contribution in [0.3, 0.4) is 0 Å². The molecule has 1 heterocycles. The van der Waals surface area contributed by atoms with E-state index in [0.717, 1.165) is 11.8 Å². The summed E-state index contributed by atoms with van der Waals surface area (Å²) < 4.78 is 0. The highest BCUT2D eigenvalue weighted by Crippen LogP contribution is 2.16. The fraction of sp³-hybridized carbons (Fsp3) is 0.250. The molecule has 1 aromatic heterocycles. The Balaban J connectivity index is 2.59. The Hall–Kier alpha value is -0.870. The summed E-state index contributed by atoms with van der Waals surface area (Å²) in [7, 11) is 0. The molecule has 0 aromatic carbocycles. The molecular weight excluding hydrogens is 174 g/mol. The zero-order valence-corrected chi connectivity index (χ0v) is 7.41. The van der Waals surface area contributed by atoms with Crippen molar-refractivity contribution in [3.05, 3.63) is 24.4 Å². The summed E-state index contributed by atoms with van der Waals surface area (Å²) in [5.74, 6) is 0. The van der Waals surface area contributed by atoms with Crippen LogP contribution in [-0.4, -0.2) is 21.3 Å². The first-order valence-corrected chi connectivity index (χ1v) is 4.32. The van der Waals surface area contributed by atoms with Gasteiger partial charge in [-0.3, -0.25) is 4.79 Å². The van der Waals surface area contributed by atoms with Gasteiger partial charge in [0.2, 0.25) is 5.12 Å². The van der Waals surface area contributed by atoms with E-state index in [9.17, 15) is 4.79 Å². The molecule has 0 aliphatic rings. The molecule has 0 saturated heterocycles. The summed E-state index contributed by atoms with van der Waals surface area (Å²) in [5, 5.41) is 9.21. The Labute approximate surface area is 74.8 Å². The maximum absolute atomic E-state index is 11.0. The van der Waals surface area contributed by atoms with E-state index >= 15 is 0 Å². The number of aliphatic hydroxyl groups is 1. The van der Waals surface area contributed by atoms with E-state index in [1.807, 2.05) is 0 Å². The van der Waals surface area contributed by atoms with Crippen LogP contribution in [0, 0.1) is 0 Å². The Morgan fingerprint density at radius 2 is 2.42 bits per heavy atom. The number of thioether (sulfide) groups is 1. The van der Waals surface area contributed by atoms with Crippen LogP contribution >= 0.6 is 11.8 Å². The molecule has 64 valence electrons. The molecule has 4 heteroatoms. The first kappa shape index (κ1) is 9.22. The average Bonchev–Trinajstić information content (AvgIpc) is 2.06. The van der Waals surface area contributed by atoms with Crippen molar-refractivity contribution in [3.8, 4) is 0 Å². The van der Waals surface area contributed by atoms with Gasteiger partial charge in [-0.25, -0.2) is 4.98 Å². The average molecular weight is 183 g/mol. The van der Waals surface area contributed by atoms with E-state index in [4.69, 9.17) is 5.11 Å². The zero-order chi connectivity index (χ0) is 8.97. The highest BCUT2D eigenvalue weighted by molar-refractivity contribution is 8.13. The van der Waals surface area contributed by atoms with Crippen LogP contribution in [0.25, 0.3) is 0 Å². The second-order valence-corrected chi connectivity index (χ2v) is 3.29. The lowest BCUT2D eigenvalue weighted by Gasteiger charge is -2.00. The van der Waals surface area contributed by atoms with Crippen LogP contribution in [-0.2, 0) is 4.79 Å². The normalized spacial score (nSPS) is 12.5. The first-order chi connectivity index (χ1) is 5.70. The number of carbonyl (C=O) groups is 1. The lowest BCUT2D eigenvalue weighted by atomic mass is 10.5. The van der Waals surface area contributed by atoms with Crippen molar-refractivity contribution in [1.82, 2.24) is 4.98 Å². The van der Waals surface area contributed by atoms with Crippen molar-refractivity contribution < 1.29 is 9.90 Å². The summed E-state index contributed by atoms with van der Waals surface area (Å²) in [6.07, 6.45) is 0.675. The van der Waals surface area contributed by atoms with Gasteiger partial charge in [0, 0.05) is 6.20 Å². The summed E-state index contributed by atoms with van der Waals surface area (Å²) >= 11 is 0.952. The van der Waals surface area contributed by atoms with Crippen LogP contribution in [0.5, 0.6) is 0 Å². The molecule has 1 rings (SSSR count). The third-order valence-corrected chi connectivity index (χ3v) is 2.18. The minimum absolute atomic E-state index is 0.284. The van der Waals surface area contributed by atoms with Crippen LogP contribution in [0.4, 0.5) is 0 Å². The first-order valence-electron chi connectivity index (χ1n) is 3.51. The molecule has 0 saturated carbocycles. The van der Waals surface area contributed by atoms with E-state index < -0.39 is 6.10 Å². The molecule has 0 fully saturated rings. The summed E-state index contributed by atoms with van der Waals surface area (Å²) in [6, 6.07) is 5.30. The standard InChI is InChI=1S/C8H9NO2S/c1-6(10)8(11)12-7-4-2-3-5-9-7/h2-6,10H,1H3/t6-/m0/s1. The quantitative estimate of drug-likeness (QED) is 0.697. The van der Waals surface area contributed by atoms with Gasteiger partial charge in [-0.05, 0) is 30.8 Å². The maximum atomic E-state index is 11.0. The molecule has 3 nitrogen and oxygen atoms in total. The summed E-state index contributed by atoms with van der Waals surface area (Å²) in [4.78, 5) is 14.9. The Morgan fingerprint density at radius 1 is 1.67 bits per heavy atom. The van der Waals surface area contributed by atoms with Gasteiger partial charge in [0.05, 0.1) is 0 Å². The number of carbonyl (C=O) groups excluding carboxylic acids is 1. The molecule has 12 heavy (non-hydrogen) atoms. The topological polar surface area (TPSA) is 50.2 Å². The molecule has 0 unspecified atom stereocenters. The Bertz CT molecular complexity index is 261. The monoisotopic (exact) mass is 183 g/mol. The van der Waals surface area contributed by atoms with Gasteiger partial charge in [0.1, 0.15) is 11.1 Å². The molecule has 1 aromatic rings. The van der Waals surface area contributed by atoms with Gasteiger partial charge in [0.15, 0.2) is 0 Å². The fourth-order valence-electron chi connectivity index (χ4n) is 0.596. The molecule has 1 N–H and O–H groups in total. The lowest BCUT2D eigenvalue weighted by Crippen LogP contribution is -2.11. The van der Waals surface area contributed by atoms with E-state index in [1.165, 1.54) is 6.92 Å². The third-order valence-electron chi connectivity index (χ3n) is 1.18. The highest BCUT2D eigenvalue weighted by Gasteiger charge is 2.10. The molecule has 1 atom stereocenters. The largest absolute Gasteiger partial charge is 0.385 e. The van der Waals surface area contributed by atoms with Crippen molar-refractivity contribution in [2.75, 3.05) is 0 Å². The number of pyridine rings is 1. The van der Waals surface area contributed by atoms with Gasteiger partial charge in [0.25, 0.3) is 0 Å². The van der Waals surface area contributed by atoms with Gasteiger partial charge >= 0.3 is 0 Å². The zero-order valence-electron chi connectivity index (χ0n) is 6.60. The number of rotatable bonds is 2. The SMILES string of the molecule is C[C@H](O)C(=O)Sc1ccccn1. The smallest absolute Gasteiger partial charge is 0.223 e. The predicted octanol–water partition coefficient (Wildman–Crippen LogP) is 1.08. The number of aliphatic hydroxyl groups excluding tert-OH is 1. The van der Waals surface area contributed by atoms with Crippen molar-refractivity contribution >= 4 is 16.9 Å². The van der Waals surface area contributed by atoms with E-state index in [-0.39, 0.29) is 5.12 Å². The summed E-state index contributed by atoms with van der Waals surface area (Å²) in [6.45, 7) is 1.44. The summed E-state index contributed by atoms with van der Waals surface area (Å²) in [5.41, 5.74) is 0. The van der Waals surface area contributed by atoms with Gasteiger partial charge in [-0.2, -0.15) is 0 Å². The van der Waals surface area contributed by atoms with E-state index in [1.54, 1.807) is 24.4 Å². The second kappa shape index (κ2) is 4.23. The van der Waals surface area contributed by atoms with Crippen molar-refractivity contribution in [2.24, 2.45) is 0 Å². The lowest BCUT2D eigenvalue weighted by molar-refractivity contribution is -0.117. The maximum Gasteiger partial charge on any atom is 0.223 e. The fourth-order valence-corrected chi connectivity index (χ4v) is 1.23. The number of aromatic nitrogens is 1. The van der Waals surface area contributed by atoms with Crippen LogP contribution < -0.4 is 0 Å². The van der Waals surface area contributed by atoms with Gasteiger partial charge < -0.3 is 5.11 Å². The second-order valence-electron chi connectivity index (χ2n) is 2.27. The Morgan fingerprint density at radius 3 is 2.92 bits per heavy atom. The van der Waals surface area contributed by atoms with Crippen molar-refractivity contribution in [1.29, 1.82) is 0 Å². The van der Waals surface area contributed by atoms with Crippen molar-refractivity contribution in [2.45, 2.75) is 18.1 Å². The molecule has 0 spiro atoms.